The Morgan fingerprint density at radius 2 is 1.84 bits per heavy atom. The fourth-order valence-electron chi connectivity index (χ4n) is 4.87. The molecule has 1 aliphatic rings. The lowest BCUT2D eigenvalue weighted by Crippen LogP contribution is -2.40. The van der Waals surface area contributed by atoms with Crippen LogP contribution in [0.3, 0.4) is 0 Å². The summed E-state index contributed by atoms with van der Waals surface area (Å²) < 4.78 is 20.0. The van der Waals surface area contributed by atoms with Crippen LogP contribution >= 0.6 is 27.3 Å². The van der Waals surface area contributed by atoms with Crippen molar-refractivity contribution in [3.05, 3.63) is 124 Å². The van der Waals surface area contributed by atoms with Gasteiger partial charge in [-0.2, -0.15) is 5.26 Å². The Balaban J connectivity index is 1.55. The maximum absolute atomic E-state index is 14.0. The molecule has 0 unspecified atom stereocenters. The molecule has 218 valence electrons. The summed E-state index contributed by atoms with van der Waals surface area (Å²) in [5.41, 5.74) is 3.32. The van der Waals surface area contributed by atoms with Gasteiger partial charge in [-0.05, 0) is 72.6 Å². The Labute approximate surface area is 260 Å². The number of allylic oxidation sites excluding steroid dienone is 1. The van der Waals surface area contributed by atoms with E-state index < -0.39 is 12.0 Å². The molecule has 3 aromatic carbocycles. The molecule has 2 heterocycles. The molecule has 0 bridgehead atoms. The van der Waals surface area contributed by atoms with Crippen LogP contribution in [0, 0.1) is 11.3 Å². The molecule has 0 saturated heterocycles. The van der Waals surface area contributed by atoms with Gasteiger partial charge in [0, 0.05) is 11.1 Å². The Bertz CT molecular complexity index is 1950. The van der Waals surface area contributed by atoms with Gasteiger partial charge in [0.15, 0.2) is 4.80 Å². The van der Waals surface area contributed by atoms with Crippen LogP contribution in [0.5, 0.6) is 11.5 Å². The van der Waals surface area contributed by atoms with Gasteiger partial charge in [-0.15, -0.1) is 0 Å². The van der Waals surface area contributed by atoms with Crippen LogP contribution < -0.4 is 24.4 Å². The fraction of sp³-hybridized carbons (Fsp3) is 0.212. The summed E-state index contributed by atoms with van der Waals surface area (Å²) in [4.78, 5) is 32.3. The van der Waals surface area contributed by atoms with Crippen LogP contribution in [0.25, 0.3) is 6.08 Å². The minimum Gasteiger partial charge on any atom is -0.494 e. The Morgan fingerprint density at radius 3 is 2.58 bits per heavy atom. The zero-order valence-corrected chi connectivity index (χ0v) is 26.2. The lowest BCUT2D eigenvalue weighted by Gasteiger charge is -2.26. The van der Waals surface area contributed by atoms with Gasteiger partial charge in [-0.25, -0.2) is 9.79 Å². The number of thiazole rings is 1. The molecule has 0 saturated carbocycles. The molecule has 1 atom stereocenters. The van der Waals surface area contributed by atoms with Crippen molar-refractivity contribution in [1.82, 2.24) is 4.57 Å². The van der Waals surface area contributed by atoms with Crippen molar-refractivity contribution in [2.24, 2.45) is 4.99 Å². The Hall–Kier alpha value is -4.46. The standard InChI is InChI=1S/C33H28BrN3O5S/c1-4-40-26-13-9-8-12-24(26)30-29(32(39)41-5-2)20(3)36-33-37(30)31(38)28(43-33)17-21-14-15-27(25(34)16-21)42-19-23-11-7-6-10-22(23)18-35/h6-17,30H,4-5,19H2,1-3H3/b28-17-/t30-/m1/s1. The molecular weight excluding hydrogens is 630 g/mol. The molecule has 0 fully saturated rings. The zero-order chi connectivity index (χ0) is 30.5. The van der Waals surface area contributed by atoms with Gasteiger partial charge < -0.3 is 14.2 Å². The predicted octanol–water partition coefficient (Wildman–Crippen LogP) is 5.41. The molecule has 1 aromatic heterocycles. The Kier molecular flexibility index (Phi) is 9.24. The molecule has 1 aliphatic heterocycles. The maximum Gasteiger partial charge on any atom is 0.338 e. The van der Waals surface area contributed by atoms with Crippen molar-refractivity contribution in [3.63, 3.8) is 0 Å². The molecule has 43 heavy (non-hydrogen) atoms. The number of hydrogen-bond acceptors (Lipinski definition) is 8. The third-order valence-corrected chi connectivity index (χ3v) is 8.41. The highest BCUT2D eigenvalue weighted by atomic mass is 79.9. The van der Waals surface area contributed by atoms with Gasteiger partial charge in [-0.1, -0.05) is 53.8 Å². The number of carbonyl (C=O) groups excluding carboxylic acids is 1. The molecule has 0 N–H and O–H groups in total. The lowest BCUT2D eigenvalue weighted by molar-refractivity contribution is -0.139. The molecule has 0 radical (unpaired) electrons. The molecule has 10 heteroatoms. The number of carbonyl (C=O) groups is 1. The van der Waals surface area contributed by atoms with E-state index in [1.54, 1.807) is 30.6 Å². The van der Waals surface area contributed by atoms with Gasteiger partial charge in [0.25, 0.3) is 5.56 Å². The second-order valence-electron chi connectivity index (χ2n) is 9.52. The number of nitrogens with zero attached hydrogens (tertiary/aromatic N) is 3. The van der Waals surface area contributed by atoms with E-state index in [1.807, 2.05) is 67.6 Å². The van der Waals surface area contributed by atoms with Crippen molar-refractivity contribution in [1.29, 1.82) is 5.26 Å². The number of benzene rings is 3. The summed E-state index contributed by atoms with van der Waals surface area (Å²) in [6.07, 6.45) is 1.79. The number of fused-ring (bicyclic) bond motifs is 1. The maximum atomic E-state index is 14.0. The van der Waals surface area contributed by atoms with Gasteiger partial charge >= 0.3 is 5.97 Å². The van der Waals surface area contributed by atoms with Crippen molar-refractivity contribution in [2.45, 2.75) is 33.4 Å². The molecule has 0 aliphatic carbocycles. The largest absolute Gasteiger partial charge is 0.494 e. The van der Waals surface area contributed by atoms with E-state index in [9.17, 15) is 14.9 Å². The van der Waals surface area contributed by atoms with Crippen molar-refractivity contribution < 1.29 is 19.0 Å². The normalized spacial score (nSPS) is 14.5. The van der Waals surface area contributed by atoms with Crippen molar-refractivity contribution in [2.75, 3.05) is 13.2 Å². The monoisotopic (exact) mass is 657 g/mol. The van der Waals surface area contributed by atoms with Crippen LogP contribution in [0.2, 0.25) is 0 Å². The van der Waals surface area contributed by atoms with Gasteiger partial charge in [-0.3, -0.25) is 9.36 Å². The number of hydrogen-bond donors (Lipinski definition) is 0. The Morgan fingerprint density at radius 1 is 1.07 bits per heavy atom. The molecular formula is C33H28BrN3O5S. The van der Waals surface area contributed by atoms with Gasteiger partial charge in [0.05, 0.1) is 45.1 Å². The molecule has 5 rings (SSSR count). The first-order valence-electron chi connectivity index (χ1n) is 13.7. The van der Waals surface area contributed by atoms with Crippen molar-refractivity contribution >= 4 is 39.3 Å². The summed E-state index contributed by atoms with van der Waals surface area (Å²) in [5.74, 6) is 0.665. The highest BCUT2D eigenvalue weighted by Gasteiger charge is 2.35. The van der Waals surface area contributed by atoms with E-state index in [0.717, 1.165) is 11.1 Å². The highest BCUT2D eigenvalue weighted by Crippen LogP contribution is 2.36. The number of aromatic nitrogens is 1. The van der Waals surface area contributed by atoms with E-state index in [1.165, 1.54) is 11.3 Å². The summed E-state index contributed by atoms with van der Waals surface area (Å²) in [6.45, 7) is 6.24. The van der Waals surface area contributed by atoms with Crippen LogP contribution in [-0.2, 0) is 16.1 Å². The van der Waals surface area contributed by atoms with Crippen LogP contribution in [0.4, 0.5) is 0 Å². The minimum absolute atomic E-state index is 0.194. The zero-order valence-electron chi connectivity index (χ0n) is 23.8. The number of para-hydroxylation sites is 1. The SMILES string of the molecule is CCOC(=O)C1=C(C)N=c2s/c(=C\c3ccc(OCc4ccccc4C#N)c(Br)c3)c(=O)n2[C@@H]1c1ccccc1OCC. The third kappa shape index (κ3) is 6.19. The molecule has 0 spiro atoms. The van der Waals surface area contributed by atoms with E-state index in [2.05, 4.69) is 27.0 Å². The van der Waals surface area contributed by atoms with E-state index in [4.69, 9.17) is 14.2 Å². The fourth-order valence-corrected chi connectivity index (χ4v) is 6.42. The molecule has 4 aromatic rings. The van der Waals surface area contributed by atoms with E-state index in [0.29, 0.717) is 54.3 Å². The second kappa shape index (κ2) is 13.2. The number of rotatable bonds is 9. The summed E-state index contributed by atoms with van der Waals surface area (Å²) in [7, 11) is 0. The van der Waals surface area contributed by atoms with Crippen molar-refractivity contribution in [3.8, 4) is 17.6 Å². The van der Waals surface area contributed by atoms with Crippen LogP contribution in [0.1, 0.15) is 49.1 Å². The smallest absolute Gasteiger partial charge is 0.338 e. The quantitative estimate of drug-likeness (QED) is 0.223. The van der Waals surface area contributed by atoms with Crippen LogP contribution in [0.15, 0.2) is 92.3 Å². The average molecular weight is 659 g/mol. The topological polar surface area (TPSA) is 103 Å². The lowest BCUT2D eigenvalue weighted by atomic mass is 9.95. The highest BCUT2D eigenvalue weighted by molar-refractivity contribution is 9.10. The average Bonchev–Trinajstić information content (AvgIpc) is 3.30. The first-order valence-corrected chi connectivity index (χ1v) is 15.3. The second-order valence-corrected chi connectivity index (χ2v) is 11.4. The summed E-state index contributed by atoms with van der Waals surface area (Å²) in [5, 5.41) is 9.35. The minimum atomic E-state index is -0.765. The number of nitriles is 1. The summed E-state index contributed by atoms with van der Waals surface area (Å²) in [6, 6.07) is 21.6. The van der Waals surface area contributed by atoms with Gasteiger partial charge in [0.2, 0.25) is 0 Å². The summed E-state index contributed by atoms with van der Waals surface area (Å²) >= 11 is 4.82. The first kappa shape index (κ1) is 30.0. The molecule has 0 amide bonds. The number of ether oxygens (including phenoxy) is 3. The predicted molar refractivity (Wildman–Crippen MR) is 168 cm³/mol. The number of halogens is 1. The first-order chi connectivity index (χ1) is 20.9. The van der Waals surface area contributed by atoms with E-state index >= 15 is 0 Å². The molecule has 8 nitrogen and oxygen atoms in total. The van der Waals surface area contributed by atoms with E-state index in [-0.39, 0.29) is 18.8 Å². The van der Waals surface area contributed by atoms with Crippen LogP contribution in [-0.4, -0.2) is 23.8 Å². The number of esters is 1. The third-order valence-electron chi connectivity index (χ3n) is 6.81. The van der Waals surface area contributed by atoms with Gasteiger partial charge in [0.1, 0.15) is 24.1 Å².